The predicted octanol–water partition coefficient (Wildman–Crippen LogP) is 4.97. The smallest absolute Gasteiger partial charge is 0.256 e. The zero-order valence-corrected chi connectivity index (χ0v) is 19.0. The molecule has 1 aliphatic rings. The van der Waals surface area contributed by atoms with Gasteiger partial charge in [0.1, 0.15) is 18.0 Å². The molecular formula is C24H40N2O3. The summed E-state index contributed by atoms with van der Waals surface area (Å²) < 4.78 is 11.8. The van der Waals surface area contributed by atoms with Gasteiger partial charge in [0, 0.05) is 31.9 Å². The molecule has 0 saturated carbocycles. The zero-order chi connectivity index (χ0) is 21.3. The fourth-order valence-corrected chi connectivity index (χ4v) is 4.22. The second-order valence-corrected chi connectivity index (χ2v) is 8.86. The van der Waals surface area contributed by atoms with Crippen LogP contribution in [0.5, 0.6) is 5.75 Å². The topological polar surface area (TPSA) is 50.8 Å². The minimum atomic E-state index is -0.789. The van der Waals surface area contributed by atoms with Crippen molar-refractivity contribution in [2.24, 2.45) is 11.8 Å². The van der Waals surface area contributed by atoms with Crippen LogP contribution in [0.15, 0.2) is 24.3 Å². The summed E-state index contributed by atoms with van der Waals surface area (Å²) in [6.45, 7) is 15.2. The van der Waals surface area contributed by atoms with Crippen molar-refractivity contribution >= 4 is 11.6 Å². The monoisotopic (exact) mass is 404 g/mol. The summed E-state index contributed by atoms with van der Waals surface area (Å²) >= 11 is 0. The number of benzene rings is 1. The summed E-state index contributed by atoms with van der Waals surface area (Å²) in [5, 5.41) is 2.99. The van der Waals surface area contributed by atoms with E-state index in [1.165, 1.54) is 6.42 Å². The Morgan fingerprint density at radius 3 is 2.34 bits per heavy atom. The summed E-state index contributed by atoms with van der Waals surface area (Å²) in [7, 11) is 0. The van der Waals surface area contributed by atoms with Gasteiger partial charge in [-0.1, -0.05) is 34.1 Å². The van der Waals surface area contributed by atoms with Gasteiger partial charge in [-0.25, -0.2) is 0 Å². The third-order valence-electron chi connectivity index (χ3n) is 5.57. The van der Waals surface area contributed by atoms with Crippen LogP contribution in [0, 0.1) is 11.8 Å². The van der Waals surface area contributed by atoms with Gasteiger partial charge in [-0.15, -0.1) is 0 Å². The summed E-state index contributed by atoms with van der Waals surface area (Å²) in [6.07, 6.45) is 3.82. The second-order valence-electron chi connectivity index (χ2n) is 8.86. The van der Waals surface area contributed by atoms with E-state index >= 15 is 0 Å². The molecule has 0 aliphatic carbocycles. The molecule has 5 nitrogen and oxygen atoms in total. The quantitative estimate of drug-likeness (QED) is 0.566. The van der Waals surface area contributed by atoms with E-state index in [1.807, 2.05) is 31.2 Å². The lowest BCUT2D eigenvalue weighted by Gasteiger charge is -2.34. The van der Waals surface area contributed by atoms with Crippen LogP contribution in [0.4, 0.5) is 5.69 Å². The van der Waals surface area contributed by atoms with Crippen LogP contribution >= 0.6 is 0 Å². The van der Waals surface area contributed by atoms with E-state index in [4.69, 9.17) is 9.47 Å². The number of likely N-dealkylation sites (tertiary alicyclic amines) is 1. The molecule has 164 valence electrons. The Labute approximate surface area is 177 Å². The Hall–Kier alpha value is -1.59. The highest BCUT2D eigenvalue weighted by atomic mass is 16.5. The van der Waals surface area contributed by atoms with Crippen molar-refractivity contribution < 1.29 is 14.3 Å². The summed E-state index contributed by atoms with van der Waals surface area (Å²) in [6, 6.07) is 7.62. The molecule has 0 aromatic heterocycles. The molecule has 3 atom stereocenters. The van der Waals surface area contributed by atoms with Crippen molar-refractivity contribution in [3.63, 3.8) is 0 Å². The van der Waals surface area contributed by atoms with Crippen molar-refractivity contribution in [1.82, 2.24) is 4.90 Å². The first-order chi connectivity index (χ1) is 13.9. The highest BCUT2D eigenvalue weighted by molar-refractivity contribution is 5.97. The number of nitrogens with zero attached hydrogens (tertiary/aromatic N) is 1. The summed E-state index contributed by atoms with van der Waals surface area (Å²) in [5.74, 6) is 2.28. The van der Waals surface area contributed by atoms with Crippen molar-refractivity contribution in [2.75, 3.05) is 38.2 Å². The first-order valence-electron chi connectivity index (χ1n) is 11.3. The molecule has 0 unspecified atom stereocenters. The maximum absolute atomic E-state index is 12.7. The van der Waals surface area contributed by atoms with Crippen LogP contribution in [0.2, 0.25) is 0 Å². The molecule has 2 rings (SSSR count). The highest BCUT2D eigenvalue weighted by Gasteiger charge is 2.33. The number of rotatable bonds is 11. The molecule has 1 fully saturated rings. The Balaban J connectivity index is 1.82. The number of carbonyl (C=O) groups is 1. The van der Waals surface area contributed by atoms with Gasteiger partial charge in [0.25, 0.3) is 5.91 Å². The molecule has 0 radical (unpaired) electrons. The highest BCUT2D eigenvalue weighted by Crippen LogP contribution is 2.23. The predicted molar refractivity (Wildman–Crippen MR) is 120 cm³/mol. The van der Waals surface area contributed by atoms with Crippen LogP contribution in [0.1, 0.15) is 60.3 Å². The van der Waals surface area contributed by atoms with Crippen molar-refractivity contribution in [1.29, 1.82) is 0 Å². The molecule has 1 saturated heterocycles. The molecule has 0 bridgehead atoms. The van der Waals surface area contributed by atoms with E-state index < -0.39 is 5.60 Å². The first-order valence-corrected chi connectivity index (χ1v) is 11.3. The number of piperidine rings is 1. The van der Waals surface area contributed by atoms with Crippen LogP contribution in [-0.4, -0.2) is 49.3 Å². The molecular weight excluding hydrogens is 364 g/mol. The molecule has 1 aliphatic heterocycles. The number of nitrogens with one attached hydrogen (secondary N) is 1. The molecule has 1 aromatic carbocycles. The average molecular weight is 405 g/mol. The minimum absolute atomic E-state index is 0.0881. The van der Waals surface area contributed by atoms with Crippen LogP contribution < -0.4 is 10.1 Å². The second kappa shape index (κ2) is 11.6. The van der Waals surface area contributed by atoms with E-state index in [9.17, 15) is 4.79 Å². The van der Waals surface area contributed by atoms with E-state index in [-0.39, 0.29) is 5.91 Å². The standard InChI is InChI=1S/C24H40N2O3/c1-6-12-24(5,29-14-7-2)23(27)25-21-8-10-22(11-9-21)28-15-13-26-17-19(3)16-20(4)18-26/h8-11,19-20H,6-7,12-18H2,1-5H3,(H,25,27)/t19-,20-,24+/m0/s1. The minimum Gasteiger partial charge on any atom is -0.492 e. The van der Waals surface area contributed by atoms with E-state index in [0.29, 0.717) is 19.6 Å². The molecule has 1 heterocycles. The zero-order valence-electron chi connectivity index (χ0n) is 19.0. The van der Waals surface area contributed by atoms with Gasteiger partial charge in [-0.2, -0.15) is 0 Å². The Morgan fingerprint density at radius 1 is 1.10 bits per heavy atom. The largest absolute Gasteiger partial charge is 0.492 e. The molecule has 1 N–H and O–H groups in total. The summed E-state index contributed by atoms with van der Waals surface area (Å²) in [4.78, 5) is 15.2. The molecule has 1 aromatic rings. The third kappa shape index (κ3) is 7.63. The number of hydrogen-bond donors (Lipinski definition) is 1. The van der Waals surface area contributed by atoms with Crippen molar-refractivity contribution in [3.05, 3.63) is 24.3 Å². The number of carbonyl (C=O) groups excluding carboxylic acids is 1. The molecule has 1 amide bonds. The Bertz CT molecular complexity index is 609. The SMILES string of the molecule is CCCO[C@](C)(CCC)C(=O)Nc1ccc(OCCN2C[C@@H](C)C[C@H](C)C2)cc1. The number of amides is 1. The lowest BCUT2D eigenvalue weighted by Crippen LogP contribution is -2.43. The van der Waals surface area contributed by atoms with E-state index in [1.54, 1.807) is 0 Å². The molecule has 5 heteroatoms. The summed E-state index contributed by atoms with van der Waals surface area (Å²) in [5.41, 5.74) is -0.0220. The van der Waals surface area contributed by atoms with Gasteiger partial charge in [0.05, 0.1) is 0 Å². The lowest BCUT2D eigenvalue weighted by atomic mass is 9.92. The maximum atomic E-state index is 12.7. The normalized spacial score (nSPS) is 22.1. The van der Waals surface area contributed by atoms with Crippen molar-refractivity contribution in [3.8, 4) is 5.75 Å². The first kappa shape index (κ1) is 23.7. The van der Waals surface area contributed by atoms with Crippen LogP contribution in [0.25, 0.3) is 0 Å². The maximum Gasteiger partial charge on any atom is 0.256 e. The van der Waals surface area contributed by atoms with Gasteiger partial charge >= 0.3 is 0 Å². The van der Waals surface area contributed by atoms with Crippen molar-refractivity contribution in [2.45, 2.75) is 65.9 Å². The van der Waals surface area contributed by atoms with Gasteiger partial charge in [-0.05, 0) is 62.3 Å². The number of ether oxygens (including phenoxy) is 2. The Morgan fingerprint density at radius 2 is 1.76 bits per heavy atom. The van der Waals surface area contributed by atoms with Gasteiger partial charge in [-0.3, -0.25) is 9.69 Å². The van der Waals surface area contributed by atoms with E-state index in [0.717, 1.165) is 55.7 Å². The number of hydrogen-bond acceptors (Lipinski definition) is 4. The number of anilines is 1. The fourth-order valence-electron chi connectivity index (χ4n) is 4.22. The molecule has 0 spiro atoms. The van der Waals surface area contributed by atoms with E-state index in [2.05, 4.69) is 37.9 Å². The Kier molecular flexibility index (Phi) is 9.44. The van der Waals surface area contributed by atoms with Crippen LogP contribution in [-0.2, 0) is 9.53 Å². The van der Waals surface area contributed by atoms with Gasteiger partial charge in [0.15, 0.2) is 0 Å². The van der Waals surface area contributed by atoms with Gasteiger partial charge < -0.3 is 14.8 Å². The van der Waals surface area contributed by atoms with Crippen LogP contribution in [0.3, 0.4) is 0 Å². The fraction of sp³-hybridized carbons (Fsp3) is 0.708. The average Bonchev–Trinajstić information content (AvgIpc) is 2.67. The van der Waals surface area contributed by atoms with Gasteiger partial charge in [0.2, 0.25) is 0 Å². The third-order valence-corrected chi connectivity index (χ3v) is 5.57. The molecule has 29 heavy (non-hydrogen) atoms. The lowest BCUT2D eigenvalue weighted by molar-refractivity contribution is -0.140.